The molecule has 1 saturated heterocycles. The van der Waals surface area contributed by atoms with Gasteiger partial charge in [0.15, 0.2) is 0 Å². The number of hydrogen-bond donors (Lipinski definition) is 1. The number of benzene rings is 1. The van der Waals surface area contributed by atoms with Crippen LogP contribution in [0.15, 0.2) is 27.2 Å². The number of rotatable bonds is 2. The normalized spacial score (nSPS) is 19.6. The molecule has 0 aliphatic carbocycles. The maximum atomic E-state index is 6.16. The van der Waals surface area contributed by atoms with Crippen LogP contribution in [0.3, 0.4) is 0 Å². The van der Waals surface area contributed by atoms with E-state index in [0.29, 0.717) is 35.5 Å². The minimum absolute atomic E-state index is 0.166. The van der Waals surface area contributed by atoms with Crippen molar-refractivity contribution in [3.63, 3.8) is 0 Å². The van der Waals surface area contributed by atoms with Gasteiger partial charge >= 0.3 is 0 Å². The van der Waals surface area contributed by atoms with Gasteiger partial charge in [-0.1, -0.05) is 32.7 Å². The summed E-state index contributed by atoms with van der Waals surface area (Å²) in [5, 5.41) is 7.74. The van der Waals surface area contributed by atoms with Crippen molar-refractivity contribution >= 4 is 27.5 Å². The quantitative estimate of drug-likeness (QED) is 0.908. The van der Waals surface area contributed by atoms with Crippen molar-refractivity contribution < 1.29 is 9.26 Å². The Kier molecular flexibility index (Phi) is 3.83. The Morgan fingerprint density at radius 3 is 3.05 bits per heavy atom. The van der Waals surface area contributed by atoms with E-state index in [0.717, 1.165) is 11.0 Å². The van der Waals surface area contributed by atoms with Crippen molar-refractivity contribution in [1.29, 1.82) is 0 Å². The molecule has 0 saturated carbocycles. The molecule has 1 N–H and O–H groups in total. The van der Waals surface area contributed by atoms with E-state index in [-0.39, 0.29) is 6.10 Å². The molecule has 7 heteroatoms. The van der Waals surface area contributed by atoms with Crippen LogP contribution in [-0.2, 0) is 4.74 Å². The summed E-state index contributed by atoms with van der Waals surface area (Å²) < 4.78 is 11.7. The predicted octanol–water partition coefficient (Wildman–Crippen LogP) is 2.81. The Bertz CT molecular complexity index is 584. The molecule has 1 aliphatic rings. The summed E-state index contributed by atoms with van der Waals surface area (Å²) in [7, 11) is 0. The fourth-order valence-corrected chi connectivity index (χ4v) is 2.62. The fourth-order valence-electron chi connectivity index (χ4n) is 1.87. The number of halogens is 2. The zero-order chi connectivity index (χ0) is 13.2. The van der Waals surface area contributed by atoms with Crippen molar-refractivity contribution in [3.05, 3.63) is 33.5 Å². The van der Waals surface area contributed by atoms with Crippen LogP contribution in [0.25, 0.3) is 11.5 Å². The van der Waals surface area contributed by atoms with Gasteiger partial charge in [-0.15, -0.1) is 0 Å². The monoisotopic (exact) mass is 343 g/mol. The highest BCUT2D eigenvalue weighted by Gasteiger charge is 2.22. The number of morpholine rings is 1. The minimum atomic E-state index is -0.166. The zero-order valence-electron chi connectivity index (χ0n) is 9.90. The molecule has 1 unspecified atom stereocenters. The molecule has 3 rings (SSSR count). The zero-order valence-corrected chi connectivity index (χ0v) is 12.2. The second kappa shape index (κ2) is 5.58. The third kappa shape index (κ3) is 2.81. The van der Waals surface area contributed by atoms with E-state index in [9.17, 15) is 0 Å². The van der Waals surface area contributed by atoms with Gasteiger partial charge in [0.05, 0.1) is 17.2 Å². The first kappa shape index (κ1) is 13.1. The molecule has 19 heavy (non-hydrogen) atoms. The highest BCUT2D eigenvalue weighted by atomic mass is 79.9. The molecule has 1 aliphatic heterocycles. The van der Waals surface area contributed by atoms with Crippen LogP contribution in [-0.4, -0.2) is 29.8 Å². The molecule has 2 aromatic rings. The average Bonchev–Trinajstić information content (AvgIpc) is 2.89. The molecule has 1 aromatic carbocycles. The Balaban J connectivity index is 1.87. The molecule has 0 radical (unpaired) electrons. The summed E-state index contributed by atoms with van der Waals surface area (Å²) in [4.78, 5) is 4.35. The number of nitrogens with one attached hydrogen (secondary N) is 1. The first-order valence-electron chi connectivity index (χ1n) is 5.85. The molecule has 5 nitrogen and oxygen atoms in total. The topological polar surface area (TPSA) is 60.2 Å². The Labute approximate surface area is 123 Å². The van der Waals surface area contributed by atoms with Crippen molar-refractivity contribution in [2.75, 3.05) is 19.7 Å². The van der Waals surface area contributed by atoms with E-state index in [2.05, 4.69) is 31.4 Å². The van der Waals surface area contributed by atoms with Gasteiger partial charge in [0.2, 0.25) is 5.82 Å². The first-order valence-corrected chi connectivity index (χ1v) is 7.02. The van der Waals surface area contributed by atoms with Crippen LogP contribution in [0.5, 0.6) is 0 Å². The lowest BCUT2D eigenvalue weighted by atomic mass is 10.2. The third-order valence-electron chi connectivity index (χ3n) is 2.82. The molecule has 1 fully saturated rings. The van der Waals surface area contributed by atoms with Crippen LogP contribution in [0, 0.1) is 0 Å². The third-order valence-corrected chi connectivity index (χ3v) is 3.62. The second-order valence-corrected chi connectivity index (χ2v) is 5.47. The van der Waals surface area contributed by atoms with Crippen molar-refractivity contribution in [1.82, 2.24) is 15.5 Å². The Morgan fingerprint density at radius 1 is 1.42 bits per heavy atom. The van der Waals surface area contributed by atoms with Gasteiger partial charge in [-0.2, -0.15) is 4.98 Å². The van der Waals surface area contributed by atoms with Crippen LogP contribution in [0.1, 0.15) is 11.9 Å². The summed E-state index contributed by atoms with van der Waals surface area (Å²) in [6.07, 6.45) is -0.166. The predicted molar refractivity (Wildman–Crippen MR) is 74.0 cm³/mol. The van der Waals surface area contributed by atoms with Crippen molar-refractivity contribution in [2.24, 2.45) is 0 Å². The van der Waals surface area contributed by atoms with E-state index in [1.54, 1.807) is 6.07 Å². The van der Waals surface area contributed by atoms with E-state index in [1.165, 1.54) is 0 Å². The molecule has 100 valence electrons. The Hall–Kier alpha value is -0.950. The smallest absolute Gasteiger partial charge is 0.259 e. The summed E-state index contributed by atoms with van der Waals surface area (Å²) in [6.45, 7) is 2.18. The second-order valence-electron chi connectivity index (χ2n) is 4.15. The first-order chi connectivity index (χ1) is 9.24. The van der Waals surface area contributed by atoms with E-state index in [1.807, 2.05) is 12.1 Å². The van der Waals surface area contributed by atoms with Crippen molar-refractivity contribution in [2.45, 2.75) is 6.10 Å². The van der Waals surface area contributed by atoms with Gasteiger partial charge in [0.25, 0.3) is 5.89 Å². The molecule has 1 atom stereocenters. The Morgan fingerprint density at radius 2 is 2.32 bits per heavy atom. The van der Waals surface area contributed by atoms with Crippen molar-refractivity contribution in [3.8, 4) is 11.5 Å². The summed E-state index contributed by atoms with van der Waals surface area (Å²) in [5.41, 5.74) is 0.715. The molecule has 1 aromatic heterocycles. The largest absolute Gasteiger partial charge is 0.367 e. The fraction of sp³-hybridized carbons (Fsp3) is 0.333. The molecular formula is C12H11BrClN3O2. The minimum Gasteiger partial charge on any atom is -0.367 e. The lowest BCUT2D eigenvalue weighted by Crippen LogP contribution is -2.33. The standard InChI is InChI=1S/C12H11BrClN3O2/c13-7-1-2-8(9(14)5-7)12-16-11(17-19-12)10-6-15-3-4-18-10/h1-2,5,10,15H,3-4,6H2. The van der Waals surface area contributed by atoms with Gasteiger partial charge in [-0.3, -0.25) is 0 Å². The molecule has 2 heterocycles. The lowest BCUT2D eigenvalue weighted by Gasteiger charge is -2.20. The molecule has 0 spiro atoms. The van der Waals surface area contributed by atoms with Gasteiger partial charge < -0.3 is 14.6 Å². The van der Waals surface area contributed by atoms with Crippen LogP contribution in [0.2, 0.25) is 5.02 Å². The lowest BCUT2D eigenvalue weighted by molar-refractivity contribution is 0.0208. The number of nitrogens with zero attached hydrogens (tertiary/aromatic N) is 2. The van der Waals surface area contributed by atoms with Crippen LogP contribution in [0.4, 0.5) is 0 Å². The van der Waals surface area contributed by atoms with Gasteiger partial charge in [-0.25, -0.2) is 0 Å². The molecular weight excluding hydrogens is 334 g/mol. The van der Waals surface area contributed by atoms with E-state index >= 15 is 0 Å². The highest BCUT2D eigenvalue weighted by molar-refractivity contribution is 9.10. The maximum absolute atomic E-state index is 6.16. The van der Waals surface area contributed by atoms with Gasteiger partial charge in [0.1, 0.15) is 6.10 Å². The SMILES string of the molecule is Clc1cc(Br)ccc1-c1nc(C2CNCCO2)no1. The average molecular weight is 345 g/mol. The molecule has 0 bridgehead atoms. The number of ether oxygens (including phenoxy) is 1. The number of aromatic nitrogens is 2. The summed E-state index contributed by atoms with van der Waals surface area (Å²) in [6, 6.07) is 5.51. The number of hydrogen-bond acceptors (Lipinski definition) is 5. The van der Waals surface area contributed by atoms with Crippen LogP contribution >= 0.6 is 27.5 Å². The molecule has 0 amide bonds. The maximum Gasteiger partial charge on any atom is 0.259 e. The highest BCUT2D eigenvalue weighted by Crippen LogP contribution is 2.30. The van der Waals surface area contributed by atoms with Gasteiger partial charge in [-0.05, 0) is 18.2 Å². The summed E-state index contributed by atoms with van der Waals surface area (Å²) >= 11 is 9.51. The summed E-state index contributed by atoms with van der Waals surface area (Å²) in [5.74, 6) is 0.947. The van der Waals surface area contributed by atoms with Crippen LogP contribution < -0.4 is 5.32 Å². The van der Waals surface area contributed by atoms with E-state index in [4.69, 9.17) is 20.9 Å². The van der Waals surface area contributed by atoms with Gasteiger partial charge in [0, 0.05) is 17.6 Å². The van der Waals surface area contributed by atoms with E-state index < -0.39 is 0 Å².